The maximum absolute atomic E-state index is 13.3. The molecular formula is C23H24N2O4S. The molecule has 0 saturated heterocycles. The number of hydrogen-bond donors (Lipinski definition) is 1. The molecule has 30 heavy (non-hydrogen) atoms. The Morgan fingerprint density at radius 3 is 2.13 bits per heavy atom. The summed E-state index contributed by atoms with van der Waals surface area (Å²) in [7, 11) is -2.35. The first-order valence-corrected chi connectivity index (χ1v) is 10.9. The average molecular weight is 425 g/mol. The summed E-state index contributed by atoms with van der Waals surface area (Å²) in [6, 6.07) is 23.7. The second kappa shape index (κ2) is 9.45. The van der Waals surface area contributed by atoms with Gasteiger partial charge in [0.25, 0.3) is 10.0 Å². The van der Waals surface area contributed by atoms with E-state index in [1.54, 1.807) is 55.6 Å². The van der Waals surface area contributed by atoms with E-state index < -0.39 is 15.9 Å². The summed E-state index contributed by atoms with van der Waals surface area (Å²) in [4.78, 5) is 13.0. The zero-order chi connectivity index (χ0) is 21.6. The highest BCUT2D eigenvalue weighted by Gasteiger charge is 2.27. The summed E-state index contributed by atoms with van der Waals surface area (Å²) in [6.07, 6.45) is 0. The molecule has 0 spiro atoms. The highest BCUT2D eigenvalue weighted by atomic mass is 32.2. The minimum atomic E-state index is -3.91. The molecule has 3 aromatic carbocycles. The van der Waals surface area contributed by atoms with Gasteiger partial charge in [-0.1, -0.05) is 54.6 Å². The highest BCUT2D eigenvalue weighted by molar-refractivity contribution is 7.92. The van der Waals surface area contributed by atoms with Crippen LogP contribution in [0.5, 0.6) is 5.75 Å². The molecule has 3 aromatic rings. The van der Waals surface area contributed by atoms with Crippen LogP contribution in [-0.4, -0.2) is 28.0 Å². The van der Waals surface area contributed by atoms with Crippen LogP contribution in [0.2, 0.25) is 0 Å². The third-order valence-corrected chi connectivity index (χ3v) is 6.43. The van der Waals surface area contributed by atoms with Gasteiger partial charge in [-0.05, 0) is 37.3 Å². The predicted octanol–water partition coefficient (Wildman–Crippen LogP) is 3.77. The molecular weight excluding hydrogens is 400 g/mol. The van der Waals surface area contributed by atoms with E-state index in [0.717, 1.165) is 9.87 Å². The van der Waals surface area contributed by atoms with E-state index in [-0.39, 0.29) is 17.5 Å². The van der Waals surface area contributed by atoms with Gasteiger partial charge < -0.3 is 10.1 Å². The monoisotopic (exact) mass is 424 g/mol. The number of sulfonamides is 1. The fourth-order valence-corrected chi connectivity index (χ4v) is 4.59. The maximum atomic E-state index is 13.3. The molecule has 1 unspecified atom stereocenters. The predicted molar refractivity (Wildman–Crippen MR) is 117 cm³/mol. The topological polar surface area (TPSA) is 75.7 Å². The molecule has 0 radical (unpaired) electrons. The molecule has 6 nitrogen and oxygen atoms in total. The largest absolute Gasteiger partial charge is 0.496 e. The Labute approximate surface area is 177 Å². The van der Waals surface area contributed by atoms with Gasteiger partial charge in [-0.15, -0.1) is 0 Å². The summed E-state index contributed by atoms with van der Waals surface area (Å²) < 4.78 is 33.0. The molecule has 7 heteroatoms. The smallest absolute Gasteiger partial charge is 0.264 e. The minimum absolute atomic E-state index is 0.124. The molecule has 156 valence electrons. The number of benzene rings is 3. The number of amides is 1. The first-order chi connectivity index (χ1) is 14.4. The van der Waals surface area contributed by atoms with Gasteiger partial charge in [0.1, 0.15) is 12.3 Å². The van der Waals surface area contributed by atoms with E-state index in [2.05, 4.69) is 5.32 Å². The van der Waals surface area contributed by atoms with E-state index in [1.807, 2.05) is 31.2 Å². The van der Waals surface area contributed by atoms with Crippen molar-refractivity contribution in [2.75, 3.05) is 18.0 Å². The zero-order valence-corrected chi connectivity index (χ0v) is 17.7. The van der Waals surface area contributed by atoms with E-state index in [0.29, 0.717) is 11.4 Å². The molecule has 0 aliphatic rings. The lowest BCUT2D eigenvalue weighted by molar-refractivity contribution is -0.120. The quantitative estimate of drug-likeness (QED) is 0.597. The van der Waals surface area contributed by atoms with Gasteiger partial charge in [0, 0.05) is 5.56 Å². The number of para-hydroxylation sites is 2. The van der Waals surface area contributed by atoms with Crippen molar-refractivity contribution in [3.05, 3.63) is 90.5 Å². The molecule has 0 heterocycles. The normalized spacial score (nSPS) is 12.1. The Hall–Kier alpha value is -3.32. The second-order valence-corrected chi connectivity index (χ2v) is 8.55. The van der Waals surface area contributed by atoms with Crippen molar-refractivity contribution in [1.82, 2.24) is 5.32 Å². The van der Waals surface area contributed by atoms with Crippen molar-refractivity contribution < 1.29 is 17.9 Å². The molecule has 0 aromatic heterocycles. The molecule has 0 bridgehead atoms. The third kappa shape index (κ3) is 4.80. The van der Waals surface area contributed by atoms with Gasteiger partial charge in [0.2, 0.25) is 5.91 Å². The lowest BCUT2D eigenvalue weighted by atomic mass is 10.1. The average Bonchev–Trinajstić information content (AvgIpc) is 2.78. The van der Waals surface area contributed by atoms with E-state index >= 15 is 0 Å². The first kappa shape index (κ1) is 21.4. The second-order valence-electron chi connectivity index (χ2n) is 6.69. The number of nitrogens with zero attached hydrogens (tertiary/aromatic N) is 1. The van der Waals surface area contributed by atoms with Gasteiger partial charge in [-0.25, -0.2) is 8.42 Å². The summed E-state index contributed by atoms with van der Waals surface area (Å²) in [5, 5.41) is 2.87. The minimum Gasteiger partial charge on any atom is -0.496 e. The van der Waals surface area contributed by atoms with Crippen molar-refractivity contribution in [3.63, 3.8) is 0 Å². The van der Waals surface area contributed by atoms with Gasteiger partial charge in [0.15, 0.2) is 0 Å². The Bertz CT molecular complexity index is 1090. The number of nitrogens with one attached hydrogen (secondary N) is 1. The van der Waals surface area contributed by atoms with Crippen molar-refractivity contribution in [2.24, 2.45) is 0 Å². The Kier molecular flexibility index (Phi) is 6.74. The van der Waals surface area contributed by atoms with E-state index in [1.165, 1.54) is 12.1 Å². The Morgan fingerprint density at radius 1 is 0.933 bits per heavy atom. The molecule has 3 rings (SSSR count). The van der Waals surface area contributed by atoms with E-state index in [9.17, 15) is 13.2 Å². The third-order valence-electron chi connectivity index (χ3n) is 4.65. The van der Waals surface area contributed by atoms with Crippen LogP contribution in [0.25, 0.3) is 0 Å². The molecule has 0 saturated carbocycles. The van der Waals surface area contributed by atoms with Crippen molar-refractivity contribution in [1.29, 1.82) is 0 Å². The fourth-order valence-electron chi connectivity index (χ4n) is 3.15. The van der Waals surface area contributed by atoms with Crippen molar-refractivity contribution in [2.45, 2.75) is 17.9 Å². The SMILES string of the molecule is COc1ccccc1C(C)NC(=O)CN(c1ccccc1)S(=O)(=O)c1ccccc1. The number of rotatable bonds is 8. The van der Waals surface area contributed by atoms with Crippen LogP contribution in [0.15, 0.2) is 89.8 Å². The molecule has 0 aliphatic carbocycles. The van der Waals surface area contributed by atoms with Gasteiger partial charge in [0.05, 0.1) is 23.7 Å². The molecule has 1 amide bonds. The lowest BCUT2D eigenvalue weighted by Gasteiger charge is -2.25. The number of carbonyl (C=O) groups excluding carboxylic acids is 1. The van der Waals surface area contributed by atoms with Crippen molar-refractivity contribution >= 4 is 21.6 Å². The van der Waals surface area contributed by atoms with E-state index in [4.69, 9.17) is 4.74 Å². The van der Waals surface area contributed by atoms with Crippen LogP contribution in [0.3, 0.4) is 0 Å². The highest BCUT2D eigenvalue weighted by Crippen LogP contribution is 2.25. The number of hydrogen-bond acceptors (Lipinski definition) is 4. The number of methoxy groups -OCH3 is 1. The molecule has 1 atom stereocenters. The van der Waals surface area contributed by atoms with Crippen LogP contribution in [-0.2, 0) is 14.8 Å². The summed E-state index contributed by atoms with van der Waals surface area (Å²) >= 11 is 0. The molecule has 0 aliphatic heterocycles. The van der Waals surface area contributed by atoms with Gasteiger partial charge >= 0.3 is 0 Å². The molecule has 1 N–H and O–H groups in total. The lowest BCUT2D eigenvalue weighted by Crippen LogP contribution is -2.41. The van der Waals surface area contributed by atoms with Crippen LogP contribution >= 0.6 is 0 Å². The zero-order valence-electron chi connectivity index (χ0n) is 16.9. The number of ether oxygens (including phenoxy) is 1. The van der Waals surface area contributed by atoms with Crippen LogP contribution in [0.4, 0.5) is 5.69 Å². The van der Waals surface area contributed by atoms with Crippen LogP contribution in [0, 0.1) is 0 Å². The standard InChI is InChI=1S/C23H24N2O4S/c1-18(21-15-9-10-16-22(21)29-2)24-23(26)17-25(19-11-5-3-6-12-19)30(27,28)20-13-7-4-8-14-20/h3-16,18H,17H2,1-2H3,(H,24,26). The Balaban J connectivity index is 1.86. The number of anilines is 1. The maximum Gasteiger partial charge on any atom is 0.264 e. The summed E-state index contributed by atoms with van der Waals surface area (Å²) in [5.74, 6) is 0.235. The van der Waals surface area contributed by atoms with Crippen molar-refractivity contribution in [3.8, 4) is 5.75 Å². The first-order valence-electron chi connectivity index (χ1n) is 9.48. The number of carbonyl (C=O) groups is 1. The van der Waals surface area contributed by atoms with Crippen LogP contribution < -0.4 is 14.4 Å². The van der Waals surface area contributed by atoms with Crippen LogP contribution in [0.1, 0.15) is 18.5 Å². The summed E-state index contributed by atoms with van der Waals surface area (Å²) in [5.41, 5.74) is 1.23. The van der Waals surface area contributed by atoms with Gasteiger partial charge in [-0.3, -0.25) is 9.10 Å². The molecule has 0 fully saturated rings. The summed E-state index contributed by atoms with van der Waals surface area (Å²) in [6.45, 7) is 1.48. The van der Waals surface area contributed by atoms with Gasteiger partial charge in [-0.2, -0.15) is 0 Å². The fraction of sp³-hybridized carbons (Fsp3) is 0.174. The Morgan fingerprint density at radius 2 is 1.50 bits per heavy atom.